The number of thiophene rings is 1. The molecule has 0 unspecified atom stereocenters. The van der Waals surface area contributed by atoms with Gasteiger partial charge < -0.3 is 4.98 Å². The van der Waals surface area contributed by atoms with E-state index in [9.17, 15) is 0 Å². The summed E-state index contributed by atoms with van der Waals surface area (Å²) in [7, 11) is 0. The number of rotatable bonds is 5. The molecule has 0 fully saturated rings. The number of nitrogens with zero attached hydrogens (tertiary/aromatic N) is 3. The molecule has 0 radical (unpaired) electrons. The monoisotopic (exact) mass is 401 g/mol. The first-order valence-corrected chi connectivity index (χ1v) is 11.0. The van der Waals surface area contributed by atoms with Crippen molar-refractivity contribution >= 4 is 33.6 Å². The molecule has 0 amide bonds. The van der Waals surface area contributed by atoms with Crippen molar-refractivity contribution in [1.82, 2.24) is 15.0 Å². The van der Waals surface area contributed by atoms with Crippen LogP contribution in [0.2, 0.25) is 0 Å². The van der Waals surface area contributed by atoms with E-state index >= 15 is 0 Å². The van der Waals surface area contributed by atoms with Crippen molar-refractivity contribution < 1.29 is 0 Å². The Morgan fingerprint density at radius 3 is 2.86 bits per heavy atom. The van der Waals surface area contributed by atoms with Gasteiger partial charge in [-0.3, -0.25) is 5.43 Å². The zero-order valence-corrected chi connectivity index (χ0v) is 17.2. The van der Waals surface area contributed by atoms with Crippen LogP contribution in [0.1, 0.15) is 42.3 Å². The van der Waals surface area contributed by atoms with Gasteiger partial charge in [-0.15, -0.1) is 11.3 Å². The lowest BCUT2D eigenvalue weighted by atomic mass is 9.98. The number of benzene rings is 1. The Kier molecular flexibility index (Phi) is 4.86. The third-order valence-electron chi connectivity index (χ3n) is 5.55. The minimum atomic E-state index is 0.735. The van der Waals surface area contributed by atoms with Crippen LogP contribution in [-0.2, 0) is 19.3 Å². The van der Waals surface area contributed by atoms with Crippen molar-refractivity contribution in [3.8, 4) is 11.1 Å². The first kappa shape index (κ1) is 18.1. The van der Waals surface area contributed by atoms with Gasteiger partial charge >= 0.3 is 0 Å². The van der Waals surface area contributed by atoms with Gasteiger partial charge in [0.25, 0.3) is 0 Å². The molecule has 0 bridgehead atoms. The summed E-state index contributed by atoms with van der Waals surface area (Å²) in [5.41, 5.74) is 10.6. The molecule has 3 heterocycles. The van der Waals surface area contributed by atoms with Gasteiger partial charge in [0.15, 0.2) is 5.82 Å². The van der Waals surface area contributed by atoms with Gasteiger partial charge in [0, 0.05) is 16.6 Å². The molecular weight excluding hydrogens is 378 g/mol. The number of aromatic amines is 1. The number of aryl methyl sites for hydroxylation is 3. The van der Waals surface area contributed by atoms with Crippen LogP contribution < -0.4 is 5.43 Å². The van der Waals surface area contributed by atoms with E-state index in [1.54, 1.807) is 17.7 Å². The molecule has 1 aliphatic carbocycles. The summed E-state index contributed by atoms with van der Waals surface area (Å²) in [6, 6.07) is 10.9. The topological polar surface area (TPSA) is 66.0 Å². The van der Waals surface area contributed by atoms with E-state index in [4.69, 9.17) is 0 Å². The van der Waals surface area contributed by atoms with E-state index < -0.39 is 0 Å². The summed E-state index contributed by atoms with van der Waals surface area (Å²) < 4.78 is 0. The van der Waals surface area contributed by atoms with Crippen LogP contribution in [0.15, 0.2) is 47.1 Å². The Hall–Kier alpha value is -2.99. The molecule has 3 aromatic heterocycles. The molecule has 0 saturated carbocycles. The van der Waals surface area contributed by atoms with Gasteiger partial charge in [-0.25, -0.2) is 9.97 Å². The smallest absolute Gasteiger partial charge is 0.159 e. The second-order valence-electron chi connectivity index (χ2n) is 7.41. The van der Waals surface area contributed by atoms with E-state index in [1.165, 1.54) is 35.2 Å². The molecule has 5 rings (SSSR count). The van der Waals surface area contributed by atoms with Crippen molar-refractivity contribution in [1.29, 1.82) is 0 Å². The zero-order valence-electron chi connectivity index (χ0n) is 16.4. The molecular formula is C23H23N5S. The van der Waals surface area contributed by atoms with Crippen LogP contribution in [0.5, 0.6) is 0 Å². The van der Waals surface area contributed by atoms with Crippen molar-refractivity contribution in [2.24, 2.45) is 5.10 Å². The lowest BCUT2D eigenvalue weighted by molar-refractivity contribution is 0.677. The van der Waals surface area contributed by atoms with Crippen LogP contribution in [0.25, 0.3) is 21.3 Å². The van der Waals surface area contributed by atoms with Crippen molar-refractivity contribution in [2.45, 2.75) is 39.0 Å². The Morgan fingerprint density at radius 1 is 1.17 bits per heavy atom. The average Bonchev–Trinajstić information content (AvgIpc) is 3.38. The highest BCUT2D eigenvalue weighted by atomic mass is 32.1. The van der Waals surface area contributed by atoms with Crippen LogP contribution >= 0.6 is 11.3 Å². The highest BCUT2D eigenvalue weighted by Gasteiger charge is 2.14. The van der Waals surface area contributed by atoms with E-state index in [0.717, 1.165) is 46.6 Å². The van der Waals surface area contributed by atoms with Crippen LogP contribution in [0.4, 0.5) is 5.82 Å². The van der Waals surface area contributed by atoms with Gasteiger partial charge in [-0.2, -0.15) is 5.10 Å². The SMILES string of the molecule is CCc1ccc(-c2csc3ncnc(N/N=C/c4cc5c([nH]4)CCCC5)c23)cc1. The van der Waals surface area contributed by atoms with Gasteiger partial charge in [-0.05, 0) is 54.9 Å². The fourth-order valence-corrected chi connectivity index (χ4v) is 4.87. The number of hydrogen-bond acceptors (Lipinski definition) is 5. The first-order chi connectivity index (χ1) is 14.3. The van der Waals surface area contributed by atoms with Crippen LogP contribution in [0, 0.1) is 0 Å². The molecule has 0 spiro atoms. The maximum atomic E-state index is 4.46. The number of anilines is 1. The Labute approximate surface area is 173 Å². The molecule has 1 aromatic carbocycles. The third-order valence-corrected chi connectivity index (χ3v) is 6.44. The first-order valence-electron chi connectivity index (χ1n) is 10.1. The van der Waals surface area contributed by atoms with E-state index in [2.05, 4.69) is 68.1 Å². The maximum absolute atomic E-state index is 4.46. The number of aromatic nitrogens is 3. The van der Waals surface area contributed by atoms with Crippen LogP contribution in [-0.4, -0.2) is 21.2 Å². The molecule has 146 valence electrons. The lowest BCUT2D eigenvalue weighted by Crippen LogP contribution is -1.99. The van der Waals surface area contributed by atoms with Crippen LogP contribution in [0.3, 0.4) is 0 Å². The predicted octanol–water partition coefficient (Wildman–Crippen LogP) is 5.57. The third kappa shape index (κ3) is 3.56. The molecule has 6 heteroatoms. The minimum absolute atomic E-state index is 0.735. The average molecular weight is 402 g/mol. The number of hydrogen-bond donors (Lipinski definition) is 2. The number of fused-ring (bicyclic) bond motifs is 2. The summed E-state index contributed by atoms with van der Waals surface area (Å²) in [5, 5.41) is 7.62. The molecule has 0 saturated heterocycles. The Balaban J connectivity index is 1.43. The fraction of sp³-hybridized carbons (Fsp3) is 0.261. The van der Waals surface area contributed by atoms with Gasteiger partial charge in [0.2, 0.25) is 0 Å². The standard InChI is InChI=1S/C23H23N5S/c1-2-15-7-9-16(10-8-15)19-13-29-23-21(19)22(24-14-25-23)28-26-12-18-11-17-5-3-4-6-20(17)27-18/h7-14,27H,2-6H2,1H3,(H,24,25,28)/b26-12+. The molecule has 2 N–H and O–H groups in total. The zero-order chi connectivity index (χ0) is 19.6. The number of nitrogens with one attached hydrogen (secondary N) is 2. The molecule has 0 atom stereocenters. The Bertz CT molecular complexity index is 1150. The van der Waals surface area contributed by atoms with Crippen molar-refractivity contribution in [3.63, 3.8) is 0 Å². The quantitative estimate of drug-likeness (QED) is 0.339. The summed E-state index contributed by atoms with van der Waals surface area (Å²) >= 11 is 1.63. The van der Waals surface area contributed by atoms with Crippen molar-refractivity contribution in [3.05, 3.63) is 64.6 Å². The molecule has 5 nitrogen and oxygen atoms in total. The van der Waals surface area contributed by atoms with Gasteiger partial charge in [0.05, 0.1) is 17.3 Å². The van der Waals surface area contributed by atoms with Gasteiger partial charge in [-0.1, -0.05) is 31.2 Å². The highest BCUT2D eigenvalue weighted by molar-refractivity contribution is 7.17. The second-order valence-corrected chi connectivity index (χ2v) is 8.27. The molecule has 4 aromatic rings. The van der Waals surface area contributed by atoms with E-state index in [1.807, 2.05) is 6.21 Å². The number of H-pyrrole nitrogens is 1. The summed E-state index contributed by atoms with van der Waals surface area (Å²) in [4.78, 5) is 13.3. The molecule has 29 heavy (non-hydrogen) atoms. The maximum Gasteiger partial charge on any atom is 0.159 e. The second kappa shape index (κ2) is 7.79. The highest BCUT2D eigenvalue weighted by Crippen LogP contribution is 2.36. The minimum Gasteiger partial charge on any atom is -0.357 e. The lowest BCUT2D eigenvalue weighted by Gasteiger charge is -2.08. The molecule has 0 aliphatic heterocycles. The normalized spacial score (nSPS) is 13.8. The van der Waals surface area contributed by atoms with Crippen molar-refractivity contribution in [2.75, 3.05) is 5.43 Å². The fourth-order valence-electron chi connectivity index (χ4n) is 3.95. The summed E-state index contributed by atoms with van der Waals surface area (Å²) in [5.74, 6) is 0.735. The largest absolute Gasteiger partial charge is 0.357 e. The van der Waals surface area contributed by atoms with E-state index in [0.29, 0.717) is 0 Å². The predicted molar refractivity (Wildman–Crippen MR) is 121 cm³/mol. The van der Waals surface area contributed by atoms with Gasteiger partial charge in [0.1, 0.15) is 11.2 Å². The summed E-state index contributed by atoms with van der Waals surface area (Å²) in [6.07, 6.45) is 9.31. The van der Waals surface area contributed by atoms with E-state index in [-0.39, 0.29) is 0 Å². The summed E-state index contributed by atoms with van der Waals surface area (Å²) in [6.45, 7) is 2.17. The Morgan fingerprint density at radius 2 is 2.03 bits per heavy atom. The number of hydrazone groups is 1. The molecule has 1 aliphatic rings.